The molecule has 0 aromatic carbocycles. The van der Waals surface area contributed by atoms with Crippen LogP contribution in [0.4, 0.5) is 0 Å². The fourth-order valence-corrected chi connectivity index (χ4v) is 3.87. The molecule has 0 rings (SSSR count). The lowest BCUT2D eigenvalue weighted by atomic mass is 9.76. The van der Waals surface area contributed by atoms with Gasteiger partial charge in [0.05, 0.1) is 0 Å². The summed E-state index contributed by atoms with van der Waals surface area (Å²) in [6.45, 7) is 9.10. The molecule has 0 aliphatic rings. The highest BCUT2D eigenvalue weighted by Crippen LogP contribution is 2.37. The minimum atomic E-state index is -0.910. The topological polar surface area (TPSA) is 17.1 Å². The average molecular weight is 259 g/mol. The molecule has 0 radical (unpaired) electrons. The van der Waals surface area contributed by atoms with Crippen molar-refractivity contribution >= 4 is 7.80 Å². The number of hydrogen-bond donors (Lipinski definition) is 0. The summed E-state index contributed by atoms with van der Waals surface area (Å²) in [5.74, 6) is 0. The molecule has 0 aliphatic heterocycles. The van der Waals surface area contributed by atoms with Gasteiger partial charge in [-0.2, -0.15) is 0 Å². The molecule has 0 saturated heterocycles. The Balaban J connectivity index is 3.77. The van der Waals surface area contributed by atoms with Gasteiger partial charge in [-0.1, -0.05) is 57.9 Å². The van der Waals surface area contributed by atoms with Gasteiger partial charge in [-0.3, -0.25) is 0 Å². The zero-order chi connectivity index (χ0) is 13.1. The third kappa shape index (κ3) is 7.19. The first-order valence-corrected chi connectivity index (χ1v) is 9.19. The summed E-state index contributed by atoms with van der Waals surface area (Å²) in [5, 5.41) is 0. The van der Waals surface area contributed by atoms with E-state index < -0.39 is 7.80 Å². The summed E-state index contributed by atoms with van der Waals surface area (Å²) in [7, 11) is -0.910. The highest BCUT2D eigenvalue weighted by Gasteiger charge is 2.25. The Morgan fingerprint density at radius 1 is 0.824 bits per heavy atom. The maximum absolute atomic E-state index is 11.8. The summed E-state index contributed by atoms with van der Waals surface area (Å²) in [6.07, 6.45) is 11.8. The van der Waals surface area contributed by atoms with E-state index in [-0.39, 0.29) is 0 Å². The van der Waals surface area contributed by atoms with E-state index in [9.17, 15) is 4.57 Å². The van der Waals surface area contributed by atoms with Gasteiger partial charge in [0, 0.05) is 0 Å². The second-order valence-corrected chi connectivity index (χ2v) is 7.16. The summed E-state index contributed by atoms with van der Waals surface area (Å²) in [6, 6.07) is 0. The summed E-state index contributed by atoms with van der Waals surface area (Å²) in [4.78, 5) is 0. The van der Waals surface area contributed by atoms with E-state index in [0.717, 1.165) is 25.2 Å². The van der Waals surface area contributed by atoms with E-state index in [1.54, 1.807) is 0 Å². The quantitative estimate of drug-likeness (QED) is 0.328. The predicted octanol–water partition coefficient (Wildman–Crippen LogP) is 6.00. The van der Waals surface area contributed by atoms with Gasteiger partial charge in [-0.05, 0) is 31.1 Å². The fourth-order valence-electron chi connectivity index (χ4n) is 2.56. The molecule has 0 fully saturated rings. The van der Waals surface area contributed by atoms with Gasteiger partial charge < -0.3 is 0 Å². The lowest BCUT2D eigenvalue weighted by Crippen LogP contribution is -2.17. The lowest BCUT2D eigenvalue weighted by Gasteiger charge is -2.29. The number of hydrogen-bond acceptors (Lipinski definition) is 1. The smallest absolute Gasteiger partial charge is 0.0748 e. The third-order valence-electron chi connectivity index (χ3n) is 4.38. The van der Waals surface area contributed by atoms with Gasteiger partial charge in [0.2, 0.25) is 0 Å². The SMILES string of the molecule is CCCCC[P+](=O)CCCC(CC)(CC)CC. The first kappa shape index (κ1) is 17.1. The van der Waals surface area contributed by atoms with Crippen molar-refractivity contribution in [2.45, 2.75) is 79.1 Å². The molecule has 0 aromatic heterocycles. The molecule has 0 saturated carbocycles. The van der Waals surface area contributed by atoms with Crippen LogP contribution < -0.4 is 0 Å². The Morgan fingerprint density at radius 2 is 1.35 bits per heavy atom. The monoisotopic (exact) mass is 259 g/mol. The van der Waals surface area contributed by atoms with E-state index >= 15 is 0 Å². The van der Waals surface area contributed by atoms with Crippen LogP contribution in [0, 0.1) is 5.41 Å². The number of unbranched alkanes of at least 4 members (excludes halogenated alkanes) is 2. The molecule has 0 amide bonds. The maximum Gasteiger partial charge on any atom is 0.338 e. The van der Waals surface area contributed by atoms with E-state index in [1.165, 1.54) is 38.5 Å². The van der Waals surface area contributed by atoms with Crippen LogP contribution in [0.3, 0.4) is 0 Å². The van der Waals surface area contributed by atoms with Crippen LogP contribution in [0.15, 0.2) is 0 Å². The molecule has 102 valence electrons. The largest absolute Gasteiger partial charge is 0.338 e. The summed E-state index contributed by atoms with van der Waals surface area (Å²) >= 11 is 0. The molecule has 0 bridgehead atoms. The summed E-state index contributed by atoms with van der Waals surface area (Å²) < 4.78 is 11.8. The Morgan fingerprint density at radius 3 is 1.82 bits per heavy atom. The molecule has 0 spiro atoms. The Labute approximate surface area is 110 Å². The van der Waals surface area contributed by atoms with Gasteiger partial charge in [0.1, 0.15) is 12.3 Å². The molecule has 17 heavy (non-hydrogen) atoms. The predicted molar refractivity (Wildman–Crippen MR) is 79.4 cm³/mol. The van der Waals surface area contributed by atoms with Crippen molar-refractivity contribution in [3.63, 3.8) is 0 Å². The van der Waals surface area contributed by atoms with E-state index in [0.29, 0.717) is 5.41 Å². The molecule has 1 atom stereocenters. The molecule has 0 N–H and O–H groups in total. The molecular weight excluding hydrogens is 227 g/mol. The molecule has 0 aromatic rings. The first-order chi connectivity index (χ1) is 8.14. The van der Waals surface area contributed by atoms with Crippen molar-refractivity contribution in [3.05, 3.63) is 0 Å². The minimum absolute atomic E-state index is 0.527. The van der Waals surface area contributed by atoms with E-state index in [1.807, 2.05) is 0 Å². The minimum Gasteiger partial charge on any atom is -0.0748 e. The van der Waals surface area contributed by atoms with Crippen LogP contribution in [-0.2, 0) is 4.57 Å². The first-order valence-electron chi connectivity index (χ1n) is 7.56. The van der Waals surface area contributed by atoms with E-state index in [2.05, 4.69) is 27.7 Å². The molecule has 1 nitrogen and oxygen atoms in total. The van der Waals surface area contributed by atoms with Gasteiger partial charge in [0.15, 0.2) is 0 Å². The molecule has 1 unspecified atom stereocenters. The van der Waals surface area contributed by atoms with Gasteiger partial charge >= 0.3 is 7.80 Å². The highest BCUT2D eigenvalue weighted by atomic mass is 31.1. The second kappa shape index (κ2) is 10.1. The third-order valence-corrected chi connectivity index (χ3v) is 6.01. The Kier molecular flexibility index (Phi) is 10.1. The zero-order valence-corrected chi connectivity index (χ0v) is 13.3. The van der Waals surface area contributed by atoms with Crippen LogP contribution in [-0.4, -0.2) is 12.3 Å². The maximum atomic E-state index is 11.8. The average Bonchev–Trinajstić information content (AvgIpc) is 2.36. The highest BCUT2D eigenvalue weighted by molar-refractivity contribution is 7.44. The van der Waals surface area contributed by atoms with Crippen LogP contribution in [0.2, 0.25) is 0 Å². The van der Waals surface area contributed by atoms with Crippen molar-refractivity contribution in [1.82, 2.24) is 0 Å². The van der Waals surface area contributed by atoms with Gasteiger partial charge in [0.25, 0.3) is 0 Å². The van der Waals surface area contributed by atoms with Gasteiger partial charge in [-0.15, -0.1) is 0 Å². The molecular formula is C15H32OP+. The number of rotatable bonds is 11. The van der Waals surface area contributed by atoms with E-state index in [4.69, 9.17) is 0 Å². The van der Waals surface area contributed by atoms with Crippen molar-refractivity contribution < 1.29 is 4.57 Å². The lowest BCUT2D eigenvalue weighted by molar-refractivity contribution is 0.227. The second-order valence-electron chi connectivity index (χ2n) is 5.30. The van der Waals surface area contributed by atoms with Crippen LogP contribution >= 0.6 is 7.80 Å². The summed E-state index contributed by atoms with van der Waals surface area (Å²) in [5.41, 5.74) is 0.527. The van der Waals surface area contributed by atoms with Crippen molar-refractivity contribution in [1.29, 1.82) is 0 Å². The Hall–Kier alpha value is 0.100. The van der Waals surface area contributed by atoms with Crippen molar-refractivity contribution in [2.24, 2.45) is 5.41 Å². The fraction of sp³-hybridized carbons (Fsp3) is 1.00. The molecule has 0 heterocycles. The zero-order valence-electron chi connectivity index (χ0n) is 12.4. The van der Waals surface area contributed by atoms with Crippen molar-refractivity contribution in [2.75, 3.05) is 12.3 Å². The van der Waals surface area contributed by atoms with Crippen LogP contribution in [0.1, 0.15) is 79.1 Å². The van der Waals surface area contributed by atoms with Crippen LogP contribution in [0.25, 0.3) is 0 Å². The van der Waals surface area contributed by atoms with Gasteiger partial charge in [-0.25, -0.2) is 0 Å². The van der Waals surface area contributed by atoms with Crippen LogP contribution in [0.5, 0.6) is 0 Å². The standard InChI is InChI=1S/C15H32OP/c1-5-9-10-13-17(16)14-11-12-15(6-2,7-3)8-4/h5-14H2,1-4H3/q+1. The Bertz CT molecular complexity index is 189. The van der Waals surface area contributed by atoms with Crippen molar-refractivity contribution in [3.8, 4) is 0 Å². The molecule has 0 aliphatic carbocycles. The normalized spacial score (nSPS) is 12.8. The molecule has 2 heteroatoms.